The van der Waals surface area contributed by atoms with Gasteiger partial charge in [-0.05, 0) is 25.5 Å². The average molecular weight is 267 g/mol. The van der Waals surface area contributed by atoms with Crippen molar-refractivity contribution in [2.45, 2.75) is 58.4 Å². The fraction of sp³-hybridized carbons (Fsp3) is 0.625. The largest absolute Gasteiger partial charge is 0.497 e. The quantitative estimate of drug-likeness (QED) is 0.636. The molecule has 0 heterocycles. The number of hydrogen-bond donors (Lipinski definition) is 1. The number of ether oxygens (including phenoxy) is 1. The minimum Gasteiger partial charge on any atom is -0.497 e. The smallest absolute Gasteiger partial charge is 0.146 e. The summed E-state index contributed by atoms with van der Waals surface area (Å²) in [6.07, 6.45) is 7.41. The second kappa shape index (κ2) is 8.78. The van der Waals surface area contributed by atoms with Gasteiger partial charge in [-0.15, -0.1) is 0 Å². The molecular formula is C16H26FNO. The van der Waals surface area contributed by atoms with Gasteiger partial charge in [0.2, 0.25) is 0 Å². The summed E-state index contributed by atoms with van der Waals surface area (Å²) in [5.74, 6) is 0.456. The molecule has 0 saturated carbocycles. The third kappa shape index (κ3) is 5.95. The summed E-state index contributed by atoms with van der Waals surface area (Å²) >= 11 is 0. The Balaban J connectivity index is 2.37. The Labute approximate surface area is 116 Å². The van der Waals surface area contributed by atoms with Crippen molar-refractivity contribution in [3.8, 4) is 5.75 Å². The fourth-order valence-electron chi connectivity index (χ4n) is 2.13. The van der Waals surface area contributed by atoms with Gasteiger partial charge in [0.05, 0.1) is 12.8 Å². The Kier molecular flexibility index (Phi) is 7.31. The standard InChI is InChI=1S/C16H26FNO/c1-4-5-6-7-8-9-13(2)18-16-12-14(19-3)10-11-15(16)17/h10-13,18H,4-9H2,1-3H3. The molecule has 1 aromatic rings. The van der Waals surface area contributed by atoms with E-state index in [2.05, 4.69) is 19.2 Å². The minimum atomic E-state index is -0.223. The van der Waals surface area contributed by atoms with Crippen molar-refractivity contribution in [2.24, 2.45) is 0 Å². The molecule has 0 aliphatic rings. The highest BCUT2D eigenvalue weighted by Gasteiger charge is 2.07. The van der Waals surface area contributed by atoms with Crippen molar-refractivity contribution >= 4 is 5.69 Å². The first-order valence-corrected chi connectivity index (χ1v) is 7.27. The Hall–Kier alpha value is -1.25. The van der Waals surface area contributed by atoms with Crippen molar-refractivity contribution in [1.82, 2.24) is 0 Å². The number of hydrogen-bond acceptors (Lipinski definition) is 2. The summed E-state index contributed by atoms with van der Waals surface area (Å²) in [5.41, 5.74) is 0.528. The lowest BCUT2D eigenvalue weighted by atomic mass is 10.1. The third-order valence-electron chi connectivity index (χ3n) is 3.32. The molecule has 1 rings (SSSR count). The normalized spacial score (nSPS) is 12.2. The molecule has 1 unspecified atom stereocenters. The van der Waals surface area contributed by atoms with Gasteiger partial charge in [-0.2, -0.15) is 0 Å². The second-order valence-corrected chi connectivity index (χ2v) is 5.09. The van der Waals surface area contributed by atoms with Crippen LogP contribution in [0.5, 0.6) is 5.75 Å². The van der Waals surface area contributed by atoms with Crippen LogP contribution in [0.3, 0.4) is 0 Å². The van der Waals surface area contributed by atoms with Gasteiger partial charge in [-0.1, -0.05) is 39.0 Å². The van der Waals surface area contributed by atoms with Gasteiger partial charge in [-0.3, -0.25) is 0 Å². The number of unbranched alkanes of at least 4 members (excludes halogenated alkanes) is 4. The van der Waals surface area contributed by atoms with Crippen LogP contribution in [0, 0.1) is 5.82 Å². The fourth-order valence-corrected chi connectivity index (χ4v) is 2.13. The highest BCUT2D eigenvalue weighted by atomic mass is 19.1. The van der Waals surface area contributed by atoms with Crippen molar-refractivity contribution in [3.05, 3.63) is 24.0 Å². The van der Waals surface area contributed by atoms with E-state index in [9.17, 15) is 4.39 Å². The third-order valence-corrected chi connectivity index (χ3v) is 3.32. The van der Waals surface area contributed by atoms with Crippen LogP contribution in [0.2, 0.25) is 0 Å². The molecule has 19 heavy (non-hydrogen) atoms. The molecule has 0 aromatic heterocycles. The van der Waals surface area contributed by atoms with E-state index in [4.69, 9.17) is 4.74 Å². The summed E-state index contributed by atoms with van der Waals surface area (Å²) in [7, 11) is 1.59. The Morgan fingerprint density at radius 2 is 1.95 bits per heavy atom. The zero-order chi connectivity index (χ0) is 14.1. The van der Waals surface area contributed by atoms with Gasteiger partial charge in [-0.25, -0.2) is 4.39 Å². The average Bonchev–Trinajstić information content (AvgIpc) is 2.41. The van der Waals surface area contributed by atoms with Crippen molar-refractivity contribution in [3.63, 3.8) is 0 Å². The topological polar surface area (TPSA) is 21.3 Å². The molecule has 0 fully saturated rings. The predicted molar refractivity (Wildman–Crippen MR) is 79.4 cm³/mol. The molecule has 0 aliphatic carbocycles. The lowest BCUT2D eigenvalue weighted by Gasteiger charge is -2.16. The number of halogens is 1. The van der Waals surface area contributed by atoms with Crippen LogP contribution in [0.25, 0.3) is 0 Å². The second-order valence-electron chi connectivity index (χ2n) is 5.09. The molecule has 1 aromatic carbocycles. The number of methoxy groups -OCH3 is 1. The van der Waals surface area contributed by atoms with E-state index in [0.29, 0.717) is 11.4 Å². The highest BCUT2D eigenvalue weighted by molar-refractivity contribution is 5.50. The van der Waals surface area contributed by atoms with E-state index in [1.807, 2.05) is 0 Å². The highest BCUT2D eigenvalue weighted by Crippen LogP contribution is 2.22. The first-order valence-electron chi connectivity index (χ1n) is 7.27. The molecule has 0 radical (unpaired) electrons. The number of rotatable bonds is 9. The summed E-state index contributed by atoms with van der Waals surface area (Å²) < 4.78 is 18.7. The van der Waals surface area contributed by atoms with Crippen molar-refractivity contribution < 1.29 is 9.13 Å². The Bertz CT molecular complexity index is 368. The van der Waals surface area contributed by atoms with Gasteiger partial charge >= 0.3 is 0 Å². The maximum absolute atomic E-state index is 13.6. The number of benzene rings is 1. The minimum absolute atomic E-state index is 0.223. The number of nitrogens with one attached hydrogen (secondary N) is 1. The first-order chi connectivity index (χ1) is 9.17. The van der Waals surface area contributed by atoms with Gasteiger partial charge in [0, 0.05) is 12.1 Å². The van der Waals surface area contributed by atoms with Crippen LogP contribution in [0.4, 0.5) is 10.1 Å². The van der Waals surface area contributed by atoms with Crippen LogP contribution in [0.15, 0.2) is 18.2 Å². The maximum atomic E-state index is 13.6. The summed E-state index contributed by atoms with van der Waals surface area (Å²) in [4.78, 5) is 0. The van der Waals surface area contributed by atoms with E-state index in [1.165, 1.54) is 38.2 Å². The van der Waals surface area contributed by atoms with Crippen molar-refractivity contribution in [1.29, 1.82) is 0 Å². The molecule has 3 heteroatoms. The molecule has 1 N–H and O–H groups in total. The van der Waals surface area contributed by atoms with Gasteiger partial charge < -0.3 is 10.1 Å². The van der Waals surface area contributed by atoms with E-state index in [1.54, 1.807) is 19.2 Å². The molecular weight excluding hydrogens is 241 g/mol. The predicted octanol–water partition coefficient (Wildman–Crippen LogP) is 5.00. The van der Waals surface area contributed by atoms with E-state index in [0.717, 1.165) is 6.42 Å². The Morgan fingerprint density at radius 3 is 2.63 bits per heavy atom. The van der Waals surface area contributed by atoms with Crippen LogP contribution < -0.4 is 10.1 Å². The van der Waals surface area contributed by atoms with Crippen molar-refractivity contribution in [2.75, 3.05) is 12.4 Å². The summed E-state index contributed by atoms with van der Waals surface area (Å²) in [6.45, 7) is 4.31. The van der Waals surface area contributed by atoms with Gasteiger partial charge in [0.1, 0.15) is 11.6 Å². The number of anilines is 1. The molecule has 0 aliphatic heterocycles. The van der Waals surface area contributed by atoms with E-state index in [-0.39, 0.29) is 11.9 Å². The van der Waals surface area contributed by atoms with Crippen LogP contribution in [-0.4, -0.2) is 13.2 Å². The SMILES string of the molecule is CCCCCCCC(C)Nc1cc(OC)ccc1F. The molecule has 108 valence electrons. The first kappa shape index (κ1) is 15.8. The molecule has 2 nitrogen and oxygen atoms in total. The summed E-state index contributed by atoms with van der Waals surface area (Å²) in [5, 5.41) is 3.22. The zero-order valence-electron chi connectivity index (χ0n) is 12.3. The lowest BCUT2D eigenvalue weighted by molar-refractivity contribution is 0.414. The van der Waals surface area contributed by atoms with Crippen LogP contribution in [0.1, 0.15) is 52.4 Å². The van der Waals surface area contributed by atoms with Gasteiger partial charge in [0.25, 0.3) is 0 Å². The molecule has 0 amide bonds. The molecule has 1 atom stereocenters. The molecule has 0 spiro atoms. The monoisotopic (exact) mass is 267 g/mol. The lowest BCUT2D eigenvalue weighted by Crippen LogP contribution is -2.15. The maximum Gasteiger partial charge on any atom is 0.146 e. The Morgan fingerprint density at radius 1 is 1.21 bits per heavy atom. The van der Waals surface area contributed by atoms with E-state index < -0.39 is 0 Å². The molecule has 0 bridgehead atoms. The van der Waals surface area contributed by atoms with Gasteiger partial charge in [0.15, 0.2) is 0 Å². The van der Waals surface area contributed by atoms with Crippen LogP contribution >= 0.6 is 0 Å². The van der Waals surface area contributed by atoms with E-state index >= 15 is 0 Å². The summed E-state index contributed by atoms with van der Waals surface area (Å²) in [6, 6.07) is 5.07. The zero-order valence-corrected chi connectivity index (χ0v) is 12.3. The van der Waals surface area contributed by atoms with Crippen LogP contribution in [-0.2, 0) is 0 Å². The molecule has 0 saturated heterocycles.